The average Bonchev–Trinajstić information content (AvgIpc) is 2.73. The number of primary amides is 1. The van der Waals surface area contributed by atoms with Gasteiger partial charge in [-0.1, -0.05) is 15.9 Å². The molecular weight excluding hydrogens is 276 g/mol. The van der Waals surface area contributed by atoms with Gasteiger partial charge in [-0.05, 0) is 28.6 Å². The number of hydrogen-bond donors (Lipinski definition) is 2. The fourth-order valence-corrected chi connectivity index (χ4v) is 1.66. The molecule has 1 aromatic rings. The first-order valence-electron chi connectivity index (χ1n) is 4.32. The van der Waals surface area contributed by atoms with Crippen molar-refractivity contribution in [3.8, 4) is 0 Å². The standard InChI is InChI=1S/C8H7BrN6O/c9-4-1-2-6(11-8(10)16)5(3-4)7-12-14-15-13-7/h1-3,7H,(H3,10,11,16). The molecule has 1 aliphatic rings. The largest absolute Gasteiger partial charge is 0.351 e. The van der Waals surface area contributed by atoms with Gasteiger partial charge in [0.25, 0.3) is 0 Å². The molecule has 0 fully saturated rings. The van der Waals surface area contributed by atoms with Gasteiger partial charge in [0.1, 0.15) is 0 Å². The van der Waals surface area contributed by atoms with Crippen molar-refractivity contribution in [1.82, 2.24) is 0 Å². The molecule has 0 spiro atoms. The highest BCUT2D eigenvalue weighted by atomic mass is 79.9. The predicted octanol–water partition coefficient (Wildman–Crippen LogP) is 2.77. The van der Waals surface area contributed by atoms with E-state index in [1.54, 1.807) is 18.2 Å². The molecule has 82 valence electrons. The molecule has 1 aromatic carbocycles. The van der Waals surface area contributed by atoms with Gasteiger partial charge in [-0.3, -0.25) is 0 Å². The van der Waals surface area contributed by atoms with E-state index in [1.165, 1.54) is 0 Å². The van der Waals surface area contributed by atoms with Gasteiger partial charge in [0.15, 0.2) is 0 Å². The van der Waals surface area contributed by atoms with Crippen molar-refractivity contribution in [3.05, 3.63) is 28.2 Å². The van der Waals surface area contributed by atoms with Crippen LogP contribution in [-0.4, -0.2) is 6.03 Å². The average molecular weight is 283 g/mol. The van der Waals surface area contributed by atoms with Crippen LogP contribution in [0.3, 0.4) is 0 Å². The van der Waals surface area contributed by atoms with Gasteiger partial charge >= 0.3 is 6.03 Å². The summed E-state index contributed by atoms with van der Waals surface area (Å²) in [6.45, 7) is 0. The smallest absolute Gasteiger partial charge is 0.316 e. The first-order valence-corrected chi connectivity index (χ1v) is 5.12. The van der Waals surface area contributed by atoms with Gasteiger partial charge in [-0.25, -0.2) is 4.79 Å². The molecule has 3 N–H and O–H groups in total. The van der Waals surface area contributed by atoms with E-state index in [4.69, 9.17) is 5.73 Å². The molecule has 16 heavy (non-hydrogen) atoms. The summed E-state index contributed by atoms with van der Waals surface area (Å²) < 4.78 is 0.842. The maximum atomic E-state index is 10.8. The number of nitrogens with zero attached hydrogens (tertiary/aromatic N) is 4. The van der Waals surface area contributed by atoms with E-state index in [1.807, 2.05) is 0 Å². The van der Waals surface area contributed by atoms with Crippen molar-refractivity contribution in [1.29, 1.82) is 0 Å². The monoisotopic (exact) mass is 282 g/mol. The highest BCUT2D eigenvalue weighted by Gasteiger charge is 2.18. The summed E-state index contributed by atoms with van der Waals surface area (Å²) in [7, 11) is 0. The lowest BCUT2D eigenvalue weighted by atomic mass is 10.1. The van der Waals surface area contributed by atoms with E-state index in [9.17, 15) is 4.79 Å². The van der Waals surface area contributed by atoms with Gasteiger partial charge in [0.05, 0.1) is 0 Å². The number of halogens is 1. The quantitative estimate of drug-likeness (QED) is 0.855. The van der Waals surface area contributed by atoms with Crippen LogP contribution in [0.1, 0.15) is 11.7 Å². The molecule has 0 aromatic heterocycles. The fraction of sp³-hybridized carbons (Fsp3) is 0.125. The maximum absolute atomic E-state index is 10.8. The number of nitrogens with two attached hydrogens (primary N) is 1. The van der Waals surface area contributed by atoms with Crippen LogP contribution < -0.4 is 11.1 Å². The first-order chi connectivity index (χ1) is 7.66. The topological polar surface area (TPSA) is 105 Å². The predicted molar refractivity (Wildman–Crippen MR) is 59.8 cm³/mol. The van der Waals surface area contributed by atoms with Crippen molar-refractivity contribution in [2.45, 2.75) is 6.17 Å². The molecule has 0 radical (unpaired) electrons. The molecule has 0 aliphatic carbocycles. The Labute approximate surface area is 98.9 Å². The molecule has 8 heteroatoms. The maximum Gasteiger partial charge on any atom is 0.316 e. The summed E-state index contributed by atoms with van der Waals surface area (Å²) in [6.07, 6.45) is -0.528. The number of nitrogens with one attached hydrogen (secondary N) is 1. The molecule has 0 bridgehead atoms. The van der Waals surface area contributed by atoms with Crippen molar-refractivity contribution in [3.63, 3.8) is 0 Å². The summed E-state index contributed by atoms with van der Waals surface area (Å²) in [5.41, 5.74) is 6.28. The number of urea groups is 1. The van der Waals surface area contributed by atoms with E-state index in [-0.39, 0.29) is 0 Å². The minimum atomic E-state index is -0.643. The third-order valence-electron chi connectivity index (χ3n) is 1.91. The lowest BCUT2D eigenvalue weighted by Crippen LogP contribution is -2.20. The number of benzene rings is 1. The number of amides is 2. The lowest BCUT2D eigenvalue weighted by Gasteiger charge is -2.10. The molecule has 0 atom stereocenters. The SMILES string of the molecule is NC(=O)Nc1ccc(Br)cc1C1N=NN=N1. The van der Waals surface area contributed by atoms with E-state index in [2.05, 4.69) is 41.9 Å². The Morgan fingerprint density at radius 2 is 2.06 bits per heavy atom. The fourth-order valence-electron chi connectivity index (χ4n) is 1.29. The minimum Gasteiger partial charge on any atom is -0.351 e. The highest BCUT2D eigenvalue weighted by Crippen LogP contribution is 2.32. The minimum absolute atomic E-state index is 0.528. The van der Waals surface area contributed by atoms with Gasteiger partial charge in [-0.15, -0.1) is 10.2 Å². The van der Waals surface area contributed by atoms with Crippen LogP contribution in [-0.2, 0) is 0 Å². The lowest BCUT2D eigenvalue weighted by molar-refractivity contribution is 0.259. The summed E-state index contributed by atoms with van der Waals surface area (Å²) >= 11 is 3.32. The van der Waals surface area contributed by atoms with Crippen LogP contribution in [0, 0.1) is 0 Å². The van der Waals surface area contributed by atoms with E-state index in [0.29, 0.717) is 11.3 Å². The summed E-state index contributed by atoms with van der Waals surface area (Å²) in [6, 6.07) is 4.61. The summed E-state index contributed by atoms with van der Waals surface area (Å²) in [4.78, 5) is 10.8. The number of hydrogen-bond acceptors (Lipinski definition) is 5. The molecule has 0 unspecified atom stereocenters. The third-order valence-corrected chi connectivity index (χ3v) is 2.40. The number of anilines is 1. The molecular formula is C8H7BrN6O. The Morgan fingerprint density at radius 3 is 2.69 bits per heavy atom. The van der Waals surface area contributed by atoms with E-state index < -0.39 is 12.2 Å². The summed E-state index contributed by atoms with van der Waals surface area (Å²) in [5, 5.41) is 16.9. The molecule has 1 aliphatic heterocycles. The zero-order chi connectivity index (χ0) is 11.5. The molecule has 2 amide bonds. The Morgan fingerprint density at radius 1 is 1.38 bits per heavy atom. The Kier molecular flexibility index (Phi) is 2.91. The normalized spacial score (nSPS) is 14.3. The number of rotatable bonds is 2. The van der Waals surface area contributed by atoms with Crippen molar-refractivity contribution < 1.29 is 4.79 Å². The van der Waals surface area contributed by atoms with Crippen molar-refractivity contribution in [2.24, 2.45) is 26.4 Å². The second-order valence-corrected chi connectivity index (χ2v) is 3.92. The number of carbonyl (C=O) groups excluding carboxylic acids is 1. The Balaban J connectivity index is 2.39. The van der Waals surface area contributed by atoms with Crippen LogP contribution in [0.5, 0.6) is 0 Å². The van der Waals surface area contributed by atoms with Crippen LogP contribution in [0.15, 0.2) is 43.3 Å². The second kappa shape index (κ2) is 4.35. The molecule has 7 nitrogen and oxygen atoms in total. The van der Waals surface area contributed by atoms with Gasteiger partial charge in [0, 0.05) is 15.7 Å². The van der Waals surface area contributed by atoms with Crippen molar-refractivity contribution >= 4 is 27.6 Å². The van der Waals surface area contributed by atoms with E-state index >= 15 is 0 Å². The van der Waals surface area contributed by atoms with Crippen LogP contribution in [0.2, 0.25) is 0 Å². The molecule has 2 rings (SSSR count). The Hall–Kier alpha value is -1.83. The van der Waals surface area contributed by atoms with Gasteiger partial charge in [0.2, 0.25) is 6.17 Å². The van der Waals surface area contributed by atoms with Crippen LogP contribution >= 0.6 is 15.9 Å². The third kappa shape index (κ3) is 2.22. The first kappa shape index (κ1) is 10.7. The van der Waals surface area contributed by atoms with Gasteiger partial charge in [-0.2, -0.15) is 0 Å². The zero-order valence-corrected chi connectivity index (χ0v) is 9.55. The van der Waals surface area contributed by atoms with Crippen LogP contribution in [0.4, 0.5) is 10.5 Å². The van der Waals surface area contributed by atoms with Gasteiger partial charge < -0.3 is 11.1 Å². The highest BCUT2D eigenvalue weighted by molar-refractivity contribution is 9.10. The van der Waals surface area contributed by atoms with Crippen molar-refractivity contribution in [2.75, 3.05) is 5.32 Å². The second-order valence-electron chi connectivity index (χ2n) is 3.00. The zero-order valence-electron chi connectivity index (χ0n) is 7.96. The summed E-state index contributed by atoms with van der Waals surface area (Å²) in [5.74, 6) is 0. The molecule has 0 saturated carbocycles. The molecule has 1 heterocycles. The molecule has 0 saturated heterocycles. The Bertz CT molecular complexity index is 473. The van der Waals surface area contributed by atoms with E-state index in [0.717, 1.165) is 4.47 Å². The van der Waals surface area contributed by atoms with Crippen LogP contribution in [0.25, 0.3) is 0 Å². The number of carbonyl (C=O) groups is 1.